The summed E-state index contributed by atoms with van der Waals surface area (Å²) in [5, 5.41) is 0. The molecule has 0 unspecified atom stereocenters. The molecule has 1 aliphatic rings. The molecule has 1 atom stereocenters. The fourth-order valence-corrected chi connectivity index (χ4v) is 1.99. The molecule has 0 aromatic heterocycles. The lowest BCUT2D eigenvalue weighted by Crippen LogP contribution is -2.38. The Balaban J connectivity index is 2.67. The van der Waals surface area contributed by atoms with Crippen molar-refractivity contribution in [2.45, 2.75) is 12.5 Å². The van der Waals surface area contributed by atoms with Crippen LogP contribution in [0.5, 0.6) is 0 Å². The number of anilines is 1. The number of hydrogen-bond donors (Lipinski definition) is 0. The highest BCUT2D eigenvalue weighted by Crippen LogP contribution is 2.42. The lowest BCUT2D eigenvalue weighted by Gasteiger charge is -2.20. The van der Waals surface area contributed by atoms with Gasteiger partial charge in [-0.15, -0.1) is 0 Å². The third-order valence-electron chi connectivity index (χ3n) is 2.83. The average Bonchev–Trinajstić information content (AvgIpc) is 2.43. The van der Waals surface area contributed by atoms with Crippen LogP contribution in [0.1, 0.15) is 12.5 Å². The normalized spacial score (nSPS) is 23.2. The predicted octanol–water partition coefficient (Wildman–Crippen LogP) is 1.19. The van der Waals surface area contributed by atoms with Gasteiger partial charge in [0.25, 0.3) is 12.4 Å². The lowest BCUT2D eigenvalue weighted by atomic mass is 9.97. The van der Waals surface area contributed by atoms with E-state index in [1.54, 1.807) is 6.07 Å². The third kappa shape index (κ3) is 1.14. The Kier molecular flexibility index (Phi) is 2.18. The molecule has 1 aliphatic heterocycles. The Bertz CT molecular complexity index is 474. The maximum atomic E-state index is 13.6. The Morgan fingerprint density at radius 3 is 2.81 bits per heavy atom. The average molecular weight is 223 g/mol. The van der Waals surface area contributed by atoms with Crippen molar-refractivity contribution in [3.63, 3.8) is 0 Å². The first kappa shape index (κ1) is 10.6. The smallest absolute Gasteiger partial charge is 0.294 e. The van der Waals surface area contributed by atoms with Gasteiger partial charge in [0.05, 0.1) is 5.69 Å². The molecular weight excluding hydrogens is 213 g/mol. The molecule has 1 aromatic carbocycles. The summed E-state index contributed by atoms with van der Waals surface area (Å²) in [5.74, 6) is -0.966. The predicted molar refractivity (Wildman–Crippen MR) is 54.3 cm³/mol. The van der Waals surface area contributed by atoms with E-state index in [2.05, 4.69) is 0 Å². The zero-order chi connectivity index (χ0) is 11.9. The van der Waals surface area contributed by atoms with Crippen LogP contribution >= 0.6 is 0 Å². The number of ether oxygens (including phenoxy) is 1. The highest BCUT2D eigenvalue weighted by molar-refractivity contribution is 6.06. The summed E-state index contributed by atoms with van der Waals surface area (Å²) < 4.78 is 18.4. The number of halogens is 1. The number of amides is 1. The summed E-state index contributed by atoms with van der Waals surface area (Å²) >= 11 is 0. The highest BCUT2D eigenvalue weighted by atomic mass is 19.1. The number of para-hydroxylation sites is 1. The fraction of sp³-hybridized carbons (Fsp3) is 0.273. The van der Waals surface area contributed by atoms with Crippen LogP contribution in [-0.2, 0) is 19.9 Å². The number of nitrogens with zero attached hydrogens (tertiary/aromatic N) is 1. The minimum absolute atomic E-state index is 0.164. The van der Waals surface area contributed by atoms with Crippen molar-refractivity contribution >= 4 is 18.1 Å². The Labute approximate surface area is 91.6 Å². The van der Waals surface area contributed by atoms with Crippen LogP contribution in [0, 0.1) is 5.82 Å². The van der Waals surface area contributed by atoms with Crippen molar-refractivity contribution in [3.05, 3.63) is 29.6 Å². The van der Waals surface area contributed by atoms with E-state index in [0.717, 1.165) is 4.90 Å². The van der Waals surface area contributed by atoms with Gasteiger partial charge in [-0.25, -0.2) is 4.39 Å². The molecule has 4 nitrogen and oxygen atoms in total. The third-order valence-corrected chi connectivity index (χ3v) is 2.83. The summed E-state index contributed by atoms with van der Waals surface area (Å²) in [6, 6.07) is 4.31. The van der Waals surface area contributed by atoms with Gasteiger partial charge in [0, 0.05) is 12.6 Å². The van der Waals surface area contributed by atoms with Crippen molar-refractivity contribution in [1.82, 2.24) is 0 Å². The first-order valence-electron chi connectivity index (χ1n) is 4.71. The number of benzene rings is 1. The molecule has 0 saturated carbocycles. The second-order valence-electron chi connectivity index (χ2n) is 3.75. The van der Waals surface area contributed by atoms with E-state index in [4.69, 9.17) is 4.74 Å². The van der Waals surface area contributed by atoms with Crippen LogP contribution in [0.15, 0.2) is 18.2 Å². The second-order valence-corrected chi connectivity index (χ2v) is 3.75. The van der Waals surface area contributed by atoms with E-state index in [1.807, 2.05) is 0 Å². The van der Waals surface area contributed by atoms with Crippen LogP contribution in [0.2, 0.25) is 0 Å². The molecule has 0 bridgehead atoms. The summed E-state index contributed by atoms with van der Waals surface area (Å²) in [7, 11) is 1.45. The van der Waals surface area contributed by atoms with Crippen LogP contribution < -0.4 is 4.90 Å². The monoisotopic (exact) mass is 223 g/mol. The van der Waals surface area contributed by atoms with Crippen LogP contribution in [0.4, 0.5) is 10.1 Å². The second kappa shape index (κ2) is 3.30. The largest absolute Gasteiger partial charge is 0.446 e. The Morgan fingerprint density at radius 1 is 1.50 bits per heavy atom. The first-order valence-corrected chi connectivity index (χ1v) is 4.71. The van der Waals surface area contributed by atoms with E-state index in [-0.39, 0.29) is 12.2 Å². The number of carbonyl (C=O) groups excluding carboxylic acids is 2. The molecular formula is C11H10FNO3. The van der Waals surface area contributed by atoms with E-state index in [9.17, 15) is 14.0 Å². The molecule has 0 radical (unpaired) electrons. The van der Waals surface area contributed by atoms with Crippen LogP contribution in [0.25, 0.3) is 0 Å². The molecule has 84 valence electrons. The van der Waals surface area contributed by atoms with Gasteiger partial charge in [0.2, 0.25) is 5.60 Å². The van der Waals surface area contributed by atoms with Crippen molar-refractivity contribution in [2.75, 3.05) is 11.9 Å². The fourth-order valence-electron chi connectivity index (χ4n) is 1.99. The zero-order valence-electron chi connectivity index (χ0n) is 8.86. The van der Waals surface area contributed by atoms with Gasteiger partial charge in [-0.05, 0) is 13.0 Å². The molecule has 1 heterocycles. The van der Waals surface area contributed by atoms with Crippen LogP contribution in [0.3, 0.4) is 0 Å². The topological polar surface area (TPSA) is 46.6 Å². The van der Waals surface area contributed by atoms with Crippen molar-refractivity contribution < 1.29 is 18.7 Å². The summed E-state index contributed by atoms with van der Waals surface area (Å²) in [6.07, 6.45) is 0. The van der Waals surface area contributed by atoms with Gasteiger partial charge in [-0.2, -0.15) is 0 Å². The van der Waals surface area contributed by atoms with E-state index in [0.29, 0.717) is 5.56 Å². The SMILES string of the molecule is CN1C(=O)[C@](C)(OC=O)c2cccc(F)c21. The van der Waals surface area contributed by atoms with E-state index in [1.165, 1.54) is 26.1 Å². The Morgan fingerprint density at radius 2 is 2.19 bits per heavy atom. The summed E-state index contributed by atoms with van der Waals surface area (Å²) in [6.45, 7) is 1.65. The van der Waals surface area contributed by atoms with Gasteiger partial charge in [0.1, 0.15) is 5.82 Å². The van der Waals surface area contributed by atoms with Gasteiger partial charge in [0.15, 0.2) is 0 Å². The zero-order valence-corrected chi connectivity index (χ0v) is 8.86. The van der Waals surface area contributed by atoms with E-state index < -0.39 is 17.3 Å². The number of carbonyl (C=O) groups is 2. The van der Waals surface area contributed by atoms with Gasteiger partial charge in [-0.3, -0.25) is 9.59 Å². The summed E-state index contributed by atoms with van der Waals surface area (Å²) in [4.78, 5) is 23.5. The Hall–Kier alpha value is -1.91. The van der Waals surface area contributed by atoms with Crippen molar-refractivity contribution in [1.29, 1.82) is 0 Å². The van der Waals surface area contributed by atoms with Crippen molar-refractivity contribution in [2.24, 2.45) is 0 Å². The maximum absolute atomic E-state index is 13.6. The standard InChI is InChI=1S/C11H10FNO3/c1-11(16-6-14)7-4-3-5-8(12)9(7)13(2)10(11)15/h3-6H,1-2H3/t11-/m1/s1. The van der Waals surface area contributed by atoms with Gasteiger partial charge in [-0.1, -0.05) is 12.1 Å². The molecule has 0 fully saturated rings. The lowest BCUT2D eigenvalue weighted by molar-refractivity contribution is -0.154. The minimum atomic E-state index is -1.42. The molecule has 2 rings (SSSR count). The molecule has 16 heavy (non-hydrogen) atoms. The number of likely N-dealkylation sites (N-methyl/N-ethyl adjacent to an activating group) is 1. The number of rotatable bonds is 2. The highest BCUT2D eigenvalue weighted by Gasteiger charge is 2.49. The van der Waals surface area contributed by atoms with E-state index >= 15 is 0 Å². The first-order chi connectivity index (χ1) is 7.52. The van der Waals surface area contributed by atoms with Crippen LogP contribution in [-0.4, -0.2) is 19.4 Å². The molecule has 5 heteroatoms. The molecule has 0 N–H and O–H groups in total. The maximum Gasteiger partial charge on any atom is 0.294 e. The van der Waals surface area contributed by atoms with Gasteiger partial charge < -0.3 is 9.64 Å². The molecule has 0 aliphatic carbocycles. The van der Waals surface area contributed by atoms with Crippen molar-refractivity contribution in [3.8, 4) is 0 Å². The quantitative estimate of drug-likeness (QED) is 0.707. The van der Waals surface area contributed by atoms with Gasteiger partial charge >= 0.3 is 0 Å². The molecule has 0 spiro atoms. The minimum Gasteiger partial charge on any atom is -0.446 e. The molecule has 1 amide bonds. The molecule has 0 saturated heterocycles. The summed E-state index contributed by atoms with van der Waals surface area (Å²) in [5.41, 5.74) is -0.891. The number of fused-ring (bicyclic) bond motifs is 1. The molecule has 1 aromatic rings. The number of hydrogen-bond acceptors (Lipinski definition) is 3.